The highest BCUT2D eigenvalue weighted by Gasteiger charge is 2.13. The zero-order valence-electron chi connectivity index (χ0n) is 15.4. The van der Waals surface area contributed by atoms with Gasteiger partial charge in [0.15, 0.2) is 5.58 Å². The molecule has 4 aromatic rings. The first-order valence-electron chi connectivity index (χ1n) is 8.67. The monoisotopic (exact) mass is 374 g/mol. The zero-order valence-corrected chi connectivity index (χ0v) is 15.4. The molecular formula is C22H18N2O4. The Morgan fingerprint density at radius 1 is 0.964 bits per heavy atom. The number of anilines is 1. The van der Waals surface area contributed by atoms with E-state index in [4.69, 9.17) is 13.9 Å². The SMILES string of the molecule is COc1ccc2oc(-c3ccc(NC(=O)c4ccccc4OC)cc3)nc2c1. The van der Waals surface area contributed by atoms with E-state index in [2.05, 4.69) is 10.3 Å². The molecule has 1 N–H and O–H groups in total. The van der Waals surface area contributed by atoms with Crippen molar-refractivity contribution in [2.45, 2.75) is 0 Å². The Labute approximate surface area is 161 Å². The highest BCUT2D eigenvalue weighted by molar-refractivity contribution is 6.06. The smallest absolute Gasteiger partial charge is 0.259 e. The summed E-state index contributed by atoms with van der Waals surface area (Å²) in [5.74, 6) is 1.52. The fourth-order valence-corrected chi connectivity index (χ4v) is 2.88. The summed E-state index contributed by atoms with van der Waals surface area (Å²) in [5, 5.41) is 2.87. The number of nitrogens with one attached hydrogen (secondary N) is 1. The van der Waals surface area contributed by atoms with Crippen molar-refractivity contribution in [2.75, 3.05) is 19.5 Å². The van der Waals surface area contributed by atoms with E-state index < -0.39 is 0 Å². The van der Waals surface area contributed by atoms with Crippen molar-refractivity contribution in [2.24, 2.45) is 0 Å². The number of methoxy groups -OCH3 is 2. The van der Waals surface area contributed by atoms with Gasteiger partial charge in [0.1, 0.15) is 17.0 Å². The summed E-state index contributed by atoms with van der Waals surface area (Å²) in [6.45, 7) is 0. The standard InChI is InChI=1S/C22H18N2O4/c1-26-16-11-12-20-18(13-16)24-22(28-20)14-7-9-15(10-8-14)23-21(25)17-5-3-4-6-19(17)27-2/h3-13H,1-2H3,(H,23,25). The minimum absolute atomic E-state index is 0.237. The lowest BCUT2D eigenvalue weighted by atomic mass is 10.1. The van der Waals surface area contributed by atoms with Gasteiger partial charge in [-0.3, -0.25) is 4.79 Å². The Bertz CT molecular complexity index is 1130. The second-order valence-electron chi connectivity index (χ2n) is 6.08. The van der Waals surface area contributed by atoms with Crippen LogP contribution in [0.2, 0.25) is 0 Å². The number of oxazole rings is 1. The number of aromatic nitrogens is 1. The molecule has 6 heteroatoms. The molecular weight excluding hydrogens is 356 g/mol. The molecule has 0 unspecified atom stereocenters. The Kier molecular flexibility index (Phi) is 4.68. The van der Waals surface area contributed by atoms with Crippen molar-refractivity contribution in [3.8, 4) is 23.0 Å². The molecule has 28 heavy (non-hydrogen) atoms. The van der Waals surface area contributed by atoms with Gasteiger partial charge in [-0.1, -0.05) is 12.1 Å². The largest absolute Gasteiger partial charge is 0.497 e. The van der Waals surface area contributed by atoms with E-state index in [0.717, 1.165) is 16.8 Å². The number of amides is 1. The summed E-state index contributed by atoms with van der Waals surface area (Å²) in [6.07, 6.45) is 0. The third-order valence-electron chi connectivity index (χ3n) is 4.34. The van der Waals surface area contributed by atoms with Crippen LogP contribution in [0.4, 0.5) is 5.69 Å². The van der Waals surface area contributed by atoms with Gasteiger partial charge in [0, 0.05) is 17.3 Å². The number of benzene rings is 3. The van der Waals surface area contributed by atoms with E-state index >= 15 is 0 Å². The van der Waals surface area contributed by atoms with Crippen molar-refractivity contribution >= 4 is 22.7 Å². The van der Waals surface area contributed by atoms with Gasteiger partial charge < -0.3 is 19.2 Å². The van der Waals surface area contributed by atoms with Crippen molar-refractivity contribution in [3.63, 3.8) is 0 Å². The van der Waals surface area contributed by atoms with Crippen LogP contribution in [0.15, 0.2) is 71.1 Å². The van der Waals surface area contributed by atoms with Gasteiger partial charge in [0.25, 0.3) is 5.91 Å². The summed E-state index contributed by atoms with van der Waals surface area (Å²) < 4.78 is 16.3. The molecule has 0 bridgehead atoms. The number of fused-ring (bicyclic) bond motifs is 1. The maximum atomic E-state index is 12.5. The fraction of sp³-hybridized carbons (Fsp3) is 0.0909. The third kappa shape index (κ3) is 3.40. The molecule has 0 atom stereocenters. The molecule has 0 radical (unpaired) electrons. The van der Waals surface area contributed by atoms with E-state index in [1.807, 2.05) is 36.4 Å². The summed E-state index contributed by atoms with van der Waals surface area (Å²) in [5.41, 5.74) is 3.36. The van der Waals surface area contributed by atoms with E-state index in [1.165, 1.54) is 7.11 Å². The lowest BCUT2D eigenvalue weighted by Gasteiger charge is -2.09. The van der Waals surface area contributed by atoms with Crippen LogP contribution in [-0.4, -0.2) is 25.1 Å². The quantitative estimate of drug-likeness (QED) is 0.545. The number of rotatable bonds is 5. The van der Waals surface area contributed by atoms with E-state index in [1.54, 1.807) is 37.4 Å². The first-order valence-corrected chi connectivity index (χ1v) is 8.67. The van der Waals surface area contributed by atoms with E-state index in [-0.39, 0.29) is 5.91 Å². The molecule has 1 aromatic heterocycles. The highest BCUT2D eigenvalue weighted by atomic mass is 16.5. The van der Waals surface area contributed by atoms with Crippen LogP contribution in [0.5, 0.6) is 11.5 Å². The van der Waals surface area contributed by atoms with Crippen molar-refractivity contribution in [1.82, 2.24) is 4.98 Å². The third-order valence-corrected chi connectivity index (χ3v) is 4.34. The van der Waals surface area contributed by atoms with Crippen molar-refractivity contribution in [1.29, 1.82) is 0 Å². The van der Waals surface area contributed by atoms with Crippen molar-refractivity contribution in [3.05, 3.63) is 72.3 Å². The Balaban J connectivity index is 1.55. The van der Waals surface area contributed by atoms with Crippen LogP contribution in [-0.2, 0) is 0 Å². The second kappa shape index (κ2) is 7.44. The molecule has 0 saturated heterocycles. The summed E-state index contributed by atoms with van der Waals surface area (Å²) in [7, 11) is 3.15. The number of para-hydroxylation sites is 1. The predicted molar refractivity (Wildman–Crippen MR) is 107 cm³/mol. The maximum absolute atomic E-state index is 12.5. The average molecular weight is 374 g/mol. The molecule has 3 aromatic carbocycles. The number of carbonyl (C=O) groups excluding carboxylic acids is 1. The van der Waals surface area contributed by atoms with Gasteiger partial charge in [0.2, 0.25) is 5.89 Å². The number of nitrogens with zero attached hydrogens (tertiary/aromatic N) is 1. The molecule has 0 saturated carbocycles. The van der Waals surface area contributed by atoms with Crippen LogP contribution in [0.1, 0.15) is 10.4 Å². The Morgan fingerprint density at radius 3 is 2.50 bits per heavy atom. The van der Waals surface area contributed by atoms with Gasteiger partial charge in [-0.05, 0) is 48.5 Å². The Hall–Kier alpha value is -3.80. The van der Waals surface area contributed by atoms with Crippen LogP contribution < -0.4 is 14.8 Å². The minimum atomic E-state index is -0.237. The Morgan fingerprint density at radius 2 is 1.75 bits per heavy atom. The predicted octanol–water partition coefficient (Wildman–Crippen LogP) is 4.76. The normalized spacial score (nSPS) is 10.6. The van der Waals surface area contributed by atoms with Gasteiger partial charge >= 0.3 is 0 Å². The average Bonchev–Trinajstić information content (AvgIpc) is 3.17. The first-order chi connectivity index (χ1) is 13.7. The summed E-state index contributed by atoms with van der Waals surface area (Å²) >= 11 is 0. The molecule has 0 aliphatic carbocycles. The molecule has 140 valence electrons. The van der Waals surface area contributed by atoms with Crippen molar-refractivity contribution < 1.29 is 18.7 Å². The van der Waals surface area contributed by atoms with Crippen LogP contribution >= 0.6 is 0 Å². The van der Waals surface area contributed by atoms with E-state index in [9.17, 15) is 4.79 Å². The first kappa shape index (κ1) is 17.6. The highest BCUT2D eigenvalue weighted by Crippen LogP contribution is 2.28. The number of hydrogen-bond donors (Lipinski definition) is 1. The molecule has 0 aliphatic heterocycles. The number of hydrogen-bond acceptors (Lipinski definition) is 5. The molecule has 0 fully saturated rings. The maximum Gasteiger partial charge on any atom is 0.259 e. The fourth-order valence-electron chi connectivity index (χ4n) is 2.88. The van der Waals surface area contributed by atoms with Crippen LogP contribution in [0, 0.1) is 0 Å². The van der Waals surface area contributed by atoms with E-state index in [0.29, 0.717) is 28.5 Å². The lowest BCUT2D eigenvalue weighted by Crippen LogP contribution is -2.12. The van der Waals surface area contributed by atoms with Crippen LogP contribution in [0.3, 0.4) is 0 Å². The number of ether oxygens (including phenoxy) is 2. The second-order valence-corrected chi connectivity index (χ2v) is 6.08. The molecule has 0 aliphatic rings. The summed E-state index contributed by atoms with van der Waals surface area (Å²) in [6, 6.07) is 19.9. The van der Waals surface area contributed by atoms with Gasteiger partial charge in [0.05, 0.1) is 19.8 Å². The molecule has 1 amide bonds. The topological polar surface area (TPSA) is 73.6 Å². The van der Waals surface area contributed by atoms with Gasteiger partial charge in [-0.2, -0.15) is 0 Å². The summed E-state index contributed by atoms with van der Waals surface area (Å²) in [4.78, 5) is 17.0. The van der Waals surface area contributed by atoms with Gasteiger partial charge in [-0.25, -0.2) is 4.98 Å². The zero-order chi connectivity index (χ0) is 19.5. The van der Waals surface area contributed by atoms with Crippen LogP contribution in [0.25, 0.3) is 22.6 Å². The minimum Gasteiger partial charge on any atom is -0.497 e. The lowest BCUT2D eigenvalue weighted by molar-refractivity contribution is 0.102. The van der Waals surface area contributed by atoms with Gasteiger partial charge in [-0.15, -0.1) is 0 Å². The number of carbonyl (C=O) groups is 1. The molecule has 4 rings (SSSR count). The molecule has 6 nitrogen and oxygen atoms in total. The molecule has 1 heterocycles. The molecule has 0 spiro atoms.